The molecule has 5 nitrogen and oxygen atoms in total. The van der Waals surface area contributed by atoms with Crippen LogP contribution in [0.5, 0.6) is 0 Å². The number of aliphatic hydroxyl groups is 1. The summed E-state index contributed by atoms with van der Waals surface area (Å²) in [4.78, 5) is 12.2. The third-order valence-corrected chi connectivity index (χ3v) is 3.45. The Labute approximate surface area is 115 Å². The van der Waals surface area contributed by atoms with Gasteiger partial charge in [0.05, 0.1) is 12.3 Å². The first-order valence-electron chi connectivity index (χ1n) is 6.36. The summed E-state index contributed by atoms with van der Waals surface area (Å²) in [5.41, 5.74) is 3.52. The first-order valence-corrected chi connectivity index (χ1v) is 6.36. The Morgan fingerprint density at radius 1 is 1.20 bits per heavy atom. The van der Waals surface area contributed by atoms with Crippen LogP contribution in [-0.2, 0) is 13.7 Å². The number of aliphatic hydroxyl groups excluding tert-OH is 1. The van der Waals surface area contributed by atoms with Gasteiger partial charge in [-0.25, -0.2) is 4.52 Å². The maximum absolute atomic E-state index is 12.2. The summed E-state index contributed by atoms with van der Waals surface area (Å²) in [6, 6.07) is 7.86. The van der Waals surface area contributed by atoms with Gasteiger partial charge in [0.15, 0.2) is 0 Å². The second-order valence-corrected chi connectivity index (χ2v) is 4.86. The first kappa shape index (κ1) is 12.6. The quantitative estimate of drug-likeness (QED) is 0.767. The average Bonchev–Trinajstić information content (AvgIpc) is 2.83. The van der Waals surface area contributed by atoms with Gasteiger partial charge in [0, 0.05) is 30.6 Å². The molecule has 0 bridgehead atoms. The van der Waals surface area contributed by atoms with E-state index < -0.39 is 0 Å². The van der Waals surface area contributed by atoms with E-state index in [1.807, 2.05) is 31.2 Å². The lowest BCUT2D eigenvalue weighted by molar-refractivity contribution is 0.283. The molecule has 0 aliphatic heterocycles. The molecule has 0 saturated carbocycles. The Kier molecular flexibility index (Phi) is 2.91. The Morgan fingerprint density at radius 2 is 1.90 bits per heavy atom. The predicted octanol–water partition coefficient (Wildman–Crippen LogP) is 1.50. The van der Waals surface area contributed by atoms with Crippen molar-refractivity contribution in [2.75, 3.05) is 0 Å². The second kappa shape index (κ2) is 4.61. The van der Waals surface area contributed by atoms with Gasteiger partial charge in [0.1, 0.15) is 5.52 Å². The van der Waals surface area contributed by atoms with E-state index in [0.717, 1.165) is 11.1 Å². The van der Waals surface area contributed by atoms with Gasteiger partial charge in [-0.05, 0) is 6.92 Å². The minimum absolute atomic E-state index is 0.164. The fraction of sp³-hybridized carbons (Fsp3) is 0.200. The molecule has 3 aromatic rings. The lowest BCUT2D eigenvalue weighted by Gasteiger charge is -2.01. The molecule has 0 radical (unpaired) electrons. The topological polar surface area (TPSA) is 59.5 Å². The molecule has 2 heterocycles. The maximum Gasteiger partial charge on any atom is 0.276 e. The van der Waals surface area contributed by atoms with Crippen molar-refractivity contribution >= 4 is 5.52 Å². The first-order chi connectivity index (χ1) is 9.61. The number of aromatic nitrogens is 3. The molecule has 3 rings (SSSR count). The van der Waals surface area contributed by atoms with Crippen molar-refractivity contribution in [1.29, 1.82) is 0 Å². The van der Waals surface area contributed by atoms with Crippen LogP contribution >= 0.6 is 0 Å². The number of aryl methyl sites for hydroxylation is 2. The van der Waals surface area contributed by atoms with E-state index in [1.54, 1.807) is 19.4 Å². The second-order valence-electron chi connectivity index (χ2n) is 4.86. The van der Waals surface area contributed by atoms with Crippen LogP contribution in [-0.4, -0.2) is 19.3 Å². The van der Waals surface area contributed by atoms with Crippen LogP contribution in [0.3, 0.4) is 0 Å². The summed E-state index contributed by atoms with van der Waals surface area (Å²) in [6.07, 6.45) is 3.37. The highest BCUT2D eigenvalue weighted by atomic mass is 16.3. The molecule has 5 heteroatoms. The zero-order valence-corrected chi connectivity index (χ0v) is 11.4. The Morgan fingerprint density at radius 3 is 2.55 bits per heavy atom. The van der Waals surface area contributed by atoms with Crippen molar-refractivity contribution in [1.82, 2.24) is 14.2 Å². The van der Waals surface area contributed by atoms with Crippen LogP contribution in [0.25, 0.3) is 16.8 Å². The zero-order valence-electron chi connectivity index (χ0n) is 11.4. The zero-order chi connectivity index (χ0) is 14.3. The Bertz CT molecular complexity index is 829. The lowest BCUT2D eigenvalue weighted by atomic mass is 10.1. The third kappa shape index (κ3) is 1.83. The van der Waals surface area contributed by atoms with Crippen molar-refractivity contribution in [3.05, 3.63) is 58.1 Å². The van der Waals surface area contributed by atoms with Gasteiger partial charge in [-0.2, -0.15) is 5.10 Å². The number of hydrogen-bond acceptors (Lipinski definition) is 3. The monoisotopic (exact) mass is 269 g/mol. The van der Waals surface area contributed by atoms with Gasteiger partial charge in [-0.3, -0.25) is 4.79 Å². The van der Waals surface area contributed by atoms with Crippen molar-refractivity contribution < 1.29 is 5.11 Å². The van der Waals surface area contributed by atoms with Crippen molar-refractivity contribution in [2.45, 2.75) is 13.5 Å². The molecule has 0 amide bonds. The maximum atomic E-state index is 12.2. The van der Waals surface area contributed by atoms with E-state index in [0.29, 0.717) is 16.8 Å². The summed E-state index contributed by atoms with van der Waals surface area (Å²) < 4.78 is 3.01. The third-order valence-electron chi connectivity index (χ3n) is 3.45. The molecule has 1 aromatic carbocycles. The molecule has 20 heavy (non-hydrogen) atoms. The average molecular weight is 269 g/mol. The smallest absolute Gasteiger partial charge is 0.276 e. The summed E-state index contributed by atoms with van der Waals surface area (Å²) in [5.74, 6) is 0. The minimum atomic E-state index is -0.216. The van der Waals surface area contributed by atoms with Gasteiger partial charge in [0.2, 0.25) is 0 Å². The highest BCUT2D eigenvalue weighted by Crippen LogP contribution is 2.24. The van der Waals surface area contributed by atoms with Crippen LogP contribution in [0, 0.1) is 6.92 Å². The predicted molar refractivity (Wildman–Crippen MR) is 76.5 cm³/mol. The highest BCUT2D eigenvalue weighted by Gasteiger charge is 2.16. The molecule has 0 spiro atoms. The minimum Gasteiger partial charge on any atom is -0.392 e. The molecule has 2 aromatic heterocycles. The van der Waals surface area contributed by atoms with Gasteiger partial charge < -0.3 is 9.67 Å². The molecule has 1 N–H and O–H groups in total. The van der Waals surface area contributed by atoms with Crippen molar-refractivity contribution in [2.24, 2.45) is 7.05 Å². The van der Waals surface area contributed by atoms with E-state index >= 15 is 0 Å². The molecular weight excluding hydrogens is 254 g/mol. The van der Waals surface area contributed by atoms with Crippen LogP contribution in [0.15, 0.2) is 41.5 Å². The fourth-order valence-electron chi connectivity index (χ4n) is 2.29. The number of fused-ring (bicyclic) bond motifs is 1. The van der Waals surface area contributed by atoms with E-state index in [1.165, 1.54) is 9.08 Å². The number of nitrogens with zero attached hydrogens (tertiary/aromatic N) is 3. The van der Waals surface area contributed by atoms with E-state index in [9.17, 15) is 9.90 Å². The normalized spacial score (nSPS) is 11.2. The summed E-state index contributed by atoms with van der Waals surface area (Å²) >= 11 is 0. The molecular formula is C15H15N3O2. The van der Waals surface area contributed by atoms with E-state index in [2.05, 4.69) is 5.10 Å². The SMILES string of the molecule is Cc1ccc(-c2nn3ccn(C)c(=O)c3c2CO)cc1. The van der Waals surface area contributed by atoms with Gasteiger partial charge in [-0.15, -0.1) is 0 Å². The van der Waals surface area contributed by atoms with Crippen LogP contribution < -0.4 is 5.56 Å². The molecule has 0 saturated heterocycles. The fourth-order valence-corrected chi connectivity index (χ4v) is 2.29. The number of rotatable bonds is 2. The van der Waals surface area contributed by atoms with Gasteiger partial charge in [-0.1, -0.05) is 29.8 Å². The van der Waals surface area contributed by atoms with Crippen molar-refractivity contribution in [3.63, 3.8) is 0 Å². The van der Waals surface area contributed by atoms with E-state index in [4.69, 9.17) is 0 Å². The summed E-state index contributed by atoms with van der Waals surface area (Å²) in [5, 5.41) is 14.1. The van der Waals surface area contributed by atoms with Gasteiger partial charge >= 0.3 is 0 Å². The van der Waals surface area contributed by atoms with Crippen LogP contribution in [0.1, 0.15) is 11.1 Å². The molecule has 0 aliphatic rings. The van der Waals surface area contributed by atoms with Gasteiger partial charge in [0.25, 0.3) is 5.56 Å². The number of benzene rings is 1. The largest absolute Gasteiger partial charge is 0.392 e. The molecule has 0 atom stereocenters. The highest BCUT2D eigenvalue weighted by molar-refractivity contribution is 5.72. The molecule has 0 unspecified atom stereocenters. The molecule has 0 aliphatic carbocycles. The standard InChI is InChI=1S/C15H15N3O2/c1-10-3-5-11(6-4-10)13-12(9-19)14-15(20)17(2)7-8-18(14)16-13/h3-8,19H,9H2,1-2H3. The number of hydrogen-bond donors (Lipinski definition) is 1. The summed E-state index contributed by atoms with van der Waals surface area (Å²) in [6.45, 7) is 1.79. The van der Waals surface area contributed by atoms with Crippen molar-refractivity contribution in [3.8, 4) is 11.3 Å². The van der Waals surface area contributed by atoms with Crippen LogP contribution in [0.4, 0.5) is 0 Å². The Balaban J connectivity index is 2.34. The van der Waals surface area contributed by atoms with E-state index in [-0.39, 0.29) is 12.2 Å². The lowest BCUT2D eigenvalue weighted by Crippen LogP contribution is -2.18. The molecule has 102 valence electrons. The molecule has 0 fully saturated rings. The summed E-state index contributed by atoms with van der Waals surface area (Å²) in [7, 11) is 1.68. The van der Waals surface area contributed by atoms with Crippen LogP contribution in [0.2, 0.25) is 0 Å². The Hall–Kier alpha value is -2.40.